The minimum atomic E-state index is -0.0150. The van der Waals surface area contributed by atoms with Gasteiger partial charge in [-0.15, -0.1) is 0 Å². The van der Waals surface area contributed by atoms with Gasteiger partial charge < -0.3 is 15.4 Å². The number of carbonyl (C=O) groups excluding carboxylic acids is 1. The summed E-state index contributed by atoms with van der Waals surface area (Å²) in [6, 6.07) is 8.13. The molecule has 1 heterocycles. The summed E-state index contributed by atoms with van der Waals surface area (Å²) in [5, 5.41) is 0. The van der Waals surface area contributed by atoms with Gasteiger partial charge in [0.15, 0.2) is 0 Å². The molecule has 1 aliphatic rings. The van der Waals surface area contributed by atoms with E-state index >= 15 is 0 Å². The Morgan fingerprint density at radius 3 is 2.89 bits per heavy atom. The van der Waals surface area contributed by atoms with Crippen molar-refractivity contribution in [3.63, 3.8) is 0 Å². The molecule has 1 aliphatic heterocycles. The van der Waals surface area contributed by atoms with Crippen LogP contribution in [0.25, 0.3) is 0 Å². The fourth-order valence-electron chi connectivity index (χ4n) is 2.41. The molecule has 1 aromatic rings. The van der Waals surface area contributed by atoms with Crippen molar-refractivity contribution in [2.24, 2.45) is 5.73 Å². The van der Waals surface area contributed by atoms with E-state index in [0.29, 0.717) is 13.1 Å². The molecule has 19 heavy (non-hydrogen) atoms. The number of ether oxygens (including phenoxy) is 1. The number of hydrogen-bond acceptors (Lipinski definition) is 3. The van der Waals surface area contributed by atoms with Crippen LogP contribution in [0.2, 0.25) is 0 Å². The Labute approximate surface area is 114 Å². The smallest absolute Gasteiger partial charge is 0.236 e. The lowest BCUT2D eigenvalue weighted by molar-refractivity contribution is -0.131. The third kappa shape index (κ3) is 3.78. The summed E-state index contributed by atoms with van der Waals surface area (Å²) in [5.41, 5.74) is 7.87. The summed E-state index contributed by atoms with van der Waals surface area (Å²) in [6.07, 6.45) is 2.28. The minimum Gasteiger partial charge on any atom is -0.376 e. The molecule has 1 unspecified atom stereocenters. The van der Waals surface area contributed by atoms with E-state index in [4.69, 9.17) is 10.5 Å². The lowest BCUT2D eigenvalue weighted by Crippen LogP contribution is -2.40. The maximum Gasteiger partial charge on any atom is 0.236 e. The van der Waals surface area contributed by atoms with E-state index < -0.39 is 0 Å². The van der Waals surface area contributed by atoms with Crippen LogP contribution >= 0.6 is 0 Å². The molecule has 1 fully saturated rings. The van der Waals surface area contributed by atoms with Crippen molar-refractivity contribution < 1.29 is 9.53 Å². The number of aryl methyl sites for hydroxylation is 1. The minimum absolute atomic E-state index is 0.0150. The van der Waals surface area contributed by atoms with Gasteiger partial charge in [-0.05, 0) is 30.9 Å². The van der Waals surface area contributed by atoms with Gasteiger partial charge in [0.2, 0.25) is 5.91 Å². The summed E-state index contributed by atoms with van der Waals surface area (Å²) >= 11 is 0. The van der Waals surface area contributed by atoms with E-state index in [9.17, 15) is 4.79 Å². The van der Waals surface area contributed by atoms with Gasteiger partial charge in [-0.1, -0.05) is 24.3 Å². The molecule has 0 aromatic heterocycles. The molecule has 1 amide bonds. The van der Waals surface area contributed by atoms with Crippen molar-refractivity contribution in [1.29, 1.82) is 0 Å². The van der Waals surface area contributed by atoms with Crippen LogP contribution in [-0.4, -0.2) is 36.6 Å². The maximum absolute atomic E-state index is 12.0. The van der Waals surface area contributed by atoms with E-state index in [2.05, 4.69) is 19.1 Å². The fraction of sp³-hybridized carbons (Fsp3) is 0.533. The first kappa shape index (κ1) is 14.0. The second-order valence-electron chi connectivity index (χ2n) is 5.04. The molecule has 2 N–H and O–H groups in total. The van der Waals surface area contributed by atoms with Crippen molar-refractivity contribution in [1.82, 2.24) is 4.90 Å². The van der Waals surface area contributed by atoms with Gasteiger partial charge in [-0.2, -0.15) is 0 Å². The molecule has 0 spiro atoms. The summed E-state index contributed by atoms with van der Waals surface area (Å²) in [6.45, 7) is 4.18. The topological polar surface area (TPSA) is 55.6 Å². The van der Waals surface area contributed by atoms with Crippen LogP contribution in [0.4, 0.5) is 0 Å². The molecule has 0 radical (unpaired) electrons. The molecule has 0 bridgehead atoms. The van der Waals surface area contributed by atoms with Crippen LogP contribution in [0.5, 0.6) is 0 Å². The average molecular weight is 262 g/mol. The highest BCUT2D eigenvalue weighted by molar-refractivity contribution is 5.78. The van der Waals surface area contributed by atoms with Crippen LogP contribution in [0, 0.1) is 6.92 Å². The summed E-state index contributed by atoms with van der Waals surface area (Å²) < 4.78 is 5.61. The highest BCUT2D eigenvalue weighted by Gasteiger charge is 2.22. The monoisotopic (exact) mass is 262 g/mol. The number of benzene rings is 1. The standard InChI is InChI=1S/C15H22N2O2/c1-12-5-2-3-6-13(12)10-17(15(18)9-16)11-14-7-4-8-19-14/h2-3,5-6,14H,4,7-11,16H2,1H3. The lowest BCUT2D eigenvalue weighted by atomic mass is 10.1. The zero-order valence-corrected chi connectivity index (χ0v) is 11.5. The number of hydrogen-bond donors (Lipinski definition) is 1. The van der Waals surface area contributed by atoms with E-state index in [1.807, 2.05) is 17.0 Å². The molecule has 0 aliphatic carbocycles. The Morgan fingerprint density at radius 1 is 1.47 bits per heavy atom. The van der Waals surface area contributed by atoms with E-state index in [1.165, 1.54) is 11.1 Å². The first-order valence-electron chi connectivity index (χ1n) is 6.84. The normalized spacial score (nSPS) is 18.5. The van der Waals surface area contributed by atoms with Gasteiger partial charge in [-0.25, -0.2) is 0 Å². The van der Waals surface area contributed by atoms with E-state index in [0.717, 1.165) is 19.4 Å². The first-order chi connectivity index (χ1) is 9.20. The largest absolute Gasteiger partial charge is 0.376 e. The van der Waals surface area contributed by atoms with Gasteiger partial charge in [0.1, 0.15) is 0 Å². The molecular weight excluding hydrogens is 240 g/mol. The predicted octanol–water partition coefficient (Wildman–Crippen LogP) is 1.46. The second kappa shape index (κ2) is 6.68. The van der Waals surface area contributed by atoms with Crippen LogP contribution in [-0.2, 0) is 16.1 Å². The van der Waals surface area contributed by atoms with Crippen LogP contribution in [0.1, 0.15) is 24.0 Å². The highest BCUT2D eigenvalue weighted by Crippen LogP contribution is 2.16. The molecule has 0 saturated carbocycles. The molecular formula is C15H22N2O2. The summed E-state index contributed by atoms with van der Waals surface area (Å²) in [4.78, 5) is 13.8. The van der Waals surface area contributed by atoms with Crippen LogP contribution in [0.3, 0.4) is 0 Å². The van der Waals surface area contributed by atoms with Crippen molar-refractivity contribution >= 4 is 5.91 Å². The first-order valence-corrected chi connectivity index (χ1v) is 6.84. The second-order valence-corrected chi connectivity index (χ2v) is 5.04. The third-order valence-electron chi connectivity index (χ3n) is 3.60. The molecule has 2 rings (SSSR count). The predicted molar refractivity (Wildman–Crippen MR) is 74.6 cm³/mol. The maximum atomic E-state index is 12.0. The zero-order chi connectivity index (χ0) is 13.7. The average Bonchev–Trinajstić information content (AvgIpc) is 2.92. The molecule has 1 atom stereocenters. The Hall–Kier alpha value is -1.39. The van der Waals surface area contributed by atoms with Gasteiger partial charge in [0.25, 0.3) is 0 Å². The number of nitrogens with zero attached hydrogens (tertiary/aromatic N) is 1. The fourth-order valence-corrected chi connectivity index (χ4v) is 2.41. The highest BCUT2D eigenvalue weighted by atomic mass is 16.5. The lowest BCUT2D eigenvalue weighted by Gasteiger charge is -2.25. The SMILES string of the molecule is Cc1ccccc1CN(CC1CCCO1)C(=O)CN. The van der Waals surface area contributed by atoms with Crippen molar-refractivity contribution in [3.8, 4) is 0 Å². The van der Waals surface area contributed by atoms with Crippen molar-refractivity contribution in [3.05, 3.63) is 35.4 Å². The zero-order valence-electron chi connectivity index (χ0n) is 11.5. The van der Waals surface area contributed by atoms with Crippen molar-refractivity contribution in [2.45, 2.75) is 32.4 Å². The summed E-state index contributed by atoms with van der Waals surface area (Å²) in [5.74, 6) is -0.0150. The Balaban J connectivity index is 2.05. The molecule has 4 heteroatoms. The molecule has 104 valence electrons. The molecule has 1 saturated heterocycles. The number of nitrogens with two attached hydrogens (primary N) is 1. The Bertz CT molecular complexity index is 428. The number of carbonyl (C=O) groups is 1. The van der Waals surface area contributed by atoms with E-state index in [1.54, 1.807) is 0 Å². The number of rotatable bonds is 5. The van der Waals surface area contributed by atoms with Gasteiger partial charge in [0.05, 0.1) is 12.6 Å². The van der Waals surface area contributed by atoms with Gasteiger partial charge in [0, 0.05) is 19.7 Å². The summed E-state index contributed by atoms with van der Waals surface area (Å²) in [7, 11) is 0. The molecule has 1 aromatic carbocycles. The van der Waals surface area contributed by atoms with E-state index in [-0.39, 0.29) is 18.6 Å². The van der Waals surface area contributed by atoms with Crippen LogP contribution in [0.15, 0.2) is 24.3 Å². The number of amides is 1. The van der Waals surface area contributed by atoms with Gasteiger partial charge >= 0.3 is 0 Å². The quantitative estimate of drug-likeness (QED) is 0.874. The third-order valence-corrected chi connectivity index (χ3v) is 3.60. The Morgan fingerprint density at radius 2 is 2.26 bits per heavy atom. The Kier molecular flexibility index (Phi) is 4.93. The van der Waals surface area contributed by atoms with Crippen LogP contribution < -0.4 is 5.73 Å². The van der Waals surface area contributed by atoms with Crippen molar-refractivity contribution in [2.75, 3.05) is 19.7 Å². The molecule has 4 nitrogen and oxygen atoms in total. The van der Waals surface area contributed by atoms with Gasteiger partial charge in [-0.3, -0.25) is 4.79 Å².